The van der Waals surface area contributed by atoms with Crippen molar-refractivity contribution in [3.05, 3.63) is 50.8 Å². The Bertz CT molecular complexity index is 680. The molecule has 0 unspecified atom stereocenters. The smallest absolute Gasteiger partial charge is 0.254 e. The standard InChI is InChI=1S/C14H14ClFN2O/c1-7(2)13-17-12(8(3)14(19)18-13)10-5-4-9(15)6-11(10)16/h4-7H,1-3H3,(H,17,18,19). The number of aromatic nitrogens is 2. The van der Waals surface area contributed by atoms with E-state index in [1.807, 2.05) is 13.8 Å². The van der Waals surface area contributed by atoms with Crippen LogP contribution in [0.2, 0.25) is 5.02 Å². The highest BCUT2D eigenvalue weighted by molar-refractivity contribution is 6.30. The number of nitrogens with one attached hydrogen (secondary N) is 1. The van der Waals surface area contributed by atoms with E-state index < -0.39 is 5.82 Å². The molecule has 5 heteroatoms. The summed E-state index contributed by atoms with van der Waals surface area (Å²) in [7, 11) is 0. The molecule has 1 N–H and O–H groups in total. The zero-order chi connectivity index (χ0) is 14.2. The molecule has 0 radical (unpaired) electrons. The summed E-state index contributed by atoms with van der Waals surface area (Å²) in [5.41, 5.74) is 0.796. The molecule has 0 aliphatic rings. The molecule has 1 aromatic carbocycles. The van der Waals surface area contributed by atoms with Gasteiger partial charge in [0, 0.05) is 22.1 Å². The molecule has 1 heterocycles. The van der Waals surface area contributed by atoms with E-state index in [1.54, 1.807) is 13.0 Å². The predicted octanol–water partition coefficient (Wildman–Crippen LogP) is 3.66. The summed E-state index contributed by atoms with van der Waals surface area (Å²) < 4.78 is 13.9. The molecule has 0 atom stereocenters. The summed E-state index contributed by atoms with van der Waals surface area (Å²) in [6.45, 7) is 5.45. The Morgan fingerprint density at radius 2 is 2.05 bits per heavy atom. The number of hydrogen-bond acceptors (Lipinski definition) is 2. The molecular weight excluding hydrogens is 267 g/mol. The molecule has 2 rings (SSSR count). The summed E-state index contributed by atoms with van der Waals surface area (Å²) in [5, 5.41) is 0.313. The van der Waals surface area contributed by atoms with Crippen LogP contribution >= 0.6 is 11.6 Å². The van der Waals surface area contributed by atoms with Gasteiger partial charge in [0.1, 0.15) is 11.6 Å². The molecule has 1 aromatic heterocycles. The van der Waals surface area contributed by atoms with Gasteiger partial charge in [-0.15, -0.1) is 0 Å². The number of benzene rings is 1. The van der Waals surface area contributed by atoms with E-state index in [1.165, 1.54) is 12.1 Å². The number of aromatic amines is 1. The Morgan fingerprint density at radius 3 is 2.63 bits per heavy atom. The zero-order valence-electron chi connectivity index (χ0n) is 10.9. The van der Waals surface area contributed by atoms with Crippen LogP contribution in [-0.2, 0) is 0 Å². The molecule has 19 heavy (non-hydrogen) atoms. The third-order valence-electron chi connectivity index (χ3n) is 2.90. The van der Waals surface area contributed by atoms with Gasteiger partial charge in [0.05, 0.1) is 5.69 Å². The normalized spacial score (nSPS) is 11.1. The molecule has 0 amide bonds. The van der Waals surface area contributed by atoms with Crippen LogP contribution in [0.1, 0.15) is 31.2 Å². The fourth-order valence-corrected chi connectivity index (χ4v) is 1.93. The minimum Gasteiger partial charge on any atom is -0.310 e. The van der Waals surface area contributed by atoms with Gasteiger partial charge in [-0.05, 0) is 25.1 Å². The largest absolute Gasteiger partial charge is 0.310 e. The van der Waals surface area contributed by atoms with Crippen molar-refractivity contribution in [3.8, 4) is 11.3 Å². The lowest BCUT2D eigenvalue weighted by Crippen LogP contribution is -2.17. The topological polar surface area (TPSA) is 45.8 Å². The highest BCUT2D eigenvalue weighted by atomic mass is 35.5. The second kappa shape index (κ2) is 5.13. The Morgan fingerprint density at radius 1 is 1.37 bits per heavy atom. The quantitative estimate of drug-likeness (QED) is 0.912. The summed E-state index contributed by atoms with van der Waals surface area (Å²) in [6, 6.07) is 4.34. The number of H-pyrrole nitrogens is 1. The monoisotopic (exact) mass is 280 g/mol. The van der Waals surface area contributed by atoms with E-state index in [0.717, 1.165) is 0 Å². The molecule has 0 aliphatic carbocycles. The average molecular weight is 281 g/mol. The van der Waals surface area contributed by atoms with E-state index in [-0.39, 0.29) is 17.0 Å². The maximum absolute atomic E-state index is 13.9. The molecule has 3 nitrogen and oxygen atoms in total. The van der Waals surface area contributed by atoms with Crippen LogP contribution in [0.25, 0.3) is 11.3 Å². The van der Waals surface area contributed by atoms with Crippen molar-refractivity contribution in [2.45, 2.75) is 26.7 Å². The van der Waals surface area contributed by atoms with Crippen molar-refractivity contribution in [2.24, 2.45) is 0 Å². The number of halogens is 2. The fraction of sp³-hybridized carbons (Fsp3) is 0.286. The van der Waals surface area contributed by atoms with E-state index >= 15 is 0 Å². The molecule has 0 spiro atoms. The van der Waals surface area contributed by atoms with Gasteiger partial charge in [-0.1, -0.05) is 25.4 Å². The Kier molecular flexibility index (Phi) is 3.71. The minimum atomic E-state index is -0.483. The third kappa shape index (κ3) is 2.68. The first kappa shape index (κ1) is 13.7. The van der Waals surface area contributed by atoms with Crippen LogP contribution in [0, 0.1) is 12.7 Å². The van der Waals surface area contributed by atoms with Crippen LogP contribution < -0.4 is 5.56 Å². The molecule has 100 valence electrons. The average Bonchev–Trinajstić information content (AvgIpc) is 2.33. The Balaban J connectivity index is 2.70. The summed E-state index contributed by atoms with van der Waals surface area (Å²) in [5.74, 6) is 0.116. The van der Waals surface area contributed by atoms with Crippen LogP contribution in [0.15, 0.2) is 23.0 Å². The minimum absolute atomic E-state index is 0.0578. The van der Waals surface area contributed by atoms with Crippen LogP contribution in [-0.4, -0.2) is 9.97 Å². The van der Waals surface area contributed by atoms with Crippen molar-refractivity contribution in [1.29, 1.82) is 0 Å². The van der Waals surface area contributed by atoms with Crippen molar-refractivity contribution in [3.63, 3.8) is 0 Å². The van der Waals surface area contributed by atoms with Gasteiger partial charge >= 0.3 is 0 Å². The molecule has 2 aromatic rings. The van der Waals surface area contributed by atoms with Crippen molar-refractivity contribution in [2.75, 3.05) is 0 Å². The maximum atomic E-state index is 13.9. The summed E-state index contributed by atoms with van der Waals surface area (Å²) in [6.07, 6.45) is 0. The second-order valence-electron chi connectivity index (χ2n) is 4.70. The predicted molar refractivity (Wildman–Crippen MR) is 74.1 cm³/mol. The number of hydrogen-bond donors (Lipinski definition) is 1. The fourth-order valence-electron chi connectivity index (χ4n) is 1.77. The second-order valence-corrected chi connectivity index (χ2v) is 5.14. The van der Waals surface area contributed by atoms with Crippen LogP contribution in [0.3, 0.4) is 0 Å². The highest BCUT2D eigenvalue weighted by Crippen LogP contribution is 2.25. The van der Waals surface area contributed by atoms with E-state index in [9.17, 15) is 9.18 Å². The SMILES string of the molecule is Cc1c(-c2ccc(Cl)cc2F)nc(C(C)C)[nH]c1=O. The molecule has 0 aliphatic heterocycles. The first-order valence-corrected chi connectivity index (χ1v) is 6.34. The molecule has 0 saturated heterocycles. The van der Waals surface area contributed by atoms with Gasteiger partial charge in [0.15, 0.2) is 0 Å². The van der Waals surface area contributed by atoms with Gasteiger partial charge in [0.25, 0.3) is 5.56 Å². The molecule has 0 fully saturated rings. The van der Waals surface area contributed by atoms with Crippen molar-refractivity contribution < 1.29 is 4.39 Å². The van der Waals surface area contributed by atoms with Crippen molar-refractivity contribution in [1.82, 2.24) is 9.97 Å². The summed E-state index contributed by atoms with van der Waals surface area (Å²) in [4.78, 5) is 18.9. The third-order valence-corrected chi connectivity index (χ3v) is 3.14. The molecule has 0 bridgehead atoms. The number of rotatable bonds is 2. The molecule has 0 saturated carbocycles. The van der Waals surface area contributed by atoms with Gasteiger partial charge < -0.3 is 4.98 Å². The van der Waals surface area contributed by atoms with E-state index in [0.29, 0.717) is 22.1 Å². The Labute approximate surface area is 115 Å². The Hall–Kier alpha value is -1.68. The summed E-state index contributed by atoms with van der Waals surface area (Å²) >= 11 is 5.73. The van der Waals surface area contributed by atoms with Gasteiger partial charge in [-0.2, -0.15) is 0 Å². The molecular formula is C14H14ClFN2O. The van der Waals surface area contributed by atoms with Gasteiger partial charge in [-0.3, -0.25) is 4.79 Å². The first-order valence-electron chi connectivity index (χ1n) is 5.96. The highest BCUT2D eigenvalue weighted by Gasteiger charge is 2.15. The maximum Gasteiger partial charge on any atom is 0.254 e. The van der Waals surface area contributed by atoms with Gasteiger partial charge in [-0.25, -0.2) is 9.37 Å². The van der Waals surface area contributed by atoms with Crippen LogP contribution in [0.4, 0.5) is 4.39 Å². The van der Waals surface area contributed by atoms with Crippen molar-refractivity contribution >= 4 is 11.6 Å². The van der Waals surface area contributed by atoms with E-state index in [4.69, 9.17) is 11.6 Å². The zero-order valence-corrected chi connectivity index (χ0v) is 11.7. The lowest BCUT2D eigenvalue weighted by molar-refractivity contribution is 0.630. The number of nitrogens with zero attached hydrogens (tertiary/aromatic N) is 1. The van der Waals surface area contributed by atoms with E-state index in [2.05, 4.69) is 9.97 Å². The lowest BCUT2D eigenvalue weighted by Gasteiger charge is -2.10. The van der Waals surface area contributed by atoms with Gasteiger partial charge in [0.2, 0.25) is 0 Å². The first-order chi connectivity index (χ1) is 8.90. The lowest BCUT2D eigenvalue weighted by atomic mass is 10.1. The van der Waals surface area contributed by atoms with Crippen LogP contribution in [0.5, 0.6) is 0 Å².